The lowest BCUT2D eigenvalue weighted by atomic mass is 10.0. The predicted molar refractivity (Wildman–Crippen MR) is 184 cm³/mol. The molecule has 1 atom stereocenters. The molecule has 1 amide bonds. The highest BCUT2D eigenvalue weighted by molar-refractivity contribution is 6.74. The summed E-state index contributed by atoms with van der Waals surface area (Å²) in [4.78, 5) is 18.7. The van der Waals surface area contributed by atoms with E-state index < -0.39 is 25.8 Å². The van der Waals surface area contributed by atoms with Crippen LogP contribution in [-0.2, 0) is 9.16 Å². The second kappa shape index (κ2) is 13.3. The van der Waals surface area contributed by atoms with E-state index in [1.807, 2.05) is 44.6 Å². The molecule has 11 nitrogen and oxygen atoms in total. The predicted octanol–water partition coefficient (Wildman–Crippen LogP) is 7.13. The van der Waals surface area contributed by atoms with Crippen LogP contribution in [0.15, 0.2) is 36.8 Å². The van der Waals surface area contributed by atoms with Crippen LogP contribution >= 0.6 is 0 Å². The monoisotopic (exact) mass is 675 g/mol. The Labute approximate surface area is 282 Å². The number of ether oxygens (including phenoxy) is 2. The molecule has 4 aromatic rings. The molecule has 0 aromatic carbocycles. The summed E-state index contributed by atoms with van der Waals surface area (Å²) < 4.78 is 36.4. The summed E-state index contributed by atoms with van der Waals surface area (Å²) >= 11 is 0. The Morgan fingerprint density at radius 2 is 1.85 bits per heavy atom. The van der Waals surface area contributed by atoms with Crippen molar-refractivity contribution in [3.8, 4) is 29.4 Å². The minimum atomic E-state index is -2.17. The molecule has 13 heteroatoms. The number of piperidine rings is 1. The number of amides is 1. The number of fused-ring (bicyclic) bond motifs is 1. The zero-order valence-corrected chi connectivity index (χ0v) is 30.4. The molecular formula is C35H46FN7O4Si. The first-order valence-electron chi connectivity index (χ1n) is 16.3. The Morgan fingerprint density at radius 3 is 2.46 bits per heavy atom. The van der Waals surface area contributed by atoms with Gasteiger partial charge in [-0.15, -0.1) is 11.5 Å². The maximum atomic E-state index is 13.9. The fourth-order valence-electron chi connectivity index (χ4n) is 5.39. The van der Waals surface area contributed by atoms with Crippen LogP contribution in [0.1, 0.15) is 83.5 Å². The zero-order chi connectivity index (χ0) is 35.0. The van der Waals surface area contributed by atoms with Crippen LogP contribution in [0.3, 0.4) is 0 Å². The molecule has 0 saturated carbocycles. The van der Waals surface area contributed by atoms with E-state index >= 15 is 0 Å². The average Bonchev–Trinajstić information content (AvgIpc) is 3.61. The number of aromatic nitrogens is 6. The number of nitrogens with zero attached hydrogens (tertiary/aromatic N) is 7. The van der Waals surface area contributed by atoms with Gasteiger partial charge in [-0.25, -0.2) is 18.4 Å². The van der Waals surface area contributed by atoms with E-state index in [-0.39, 0.29) is 23.8 Å². The topological polar surface area (TPSA) is 109 Å². The van der Waals surface area contributed by atoms with E-state index in [4.69, 9.17) is 20.3 Å². The summed E-state index contributed by atoms with van der Waals surface area (Å²) in [6.45, 7) is 19.8. The Morgan fingerprint density at radius 1 is 1.15 bits per heavy atom. The molecule has 5 heterocycles. The van der Waals surface area contributed by atoms with Crippen molar-refractivity contribution in [2.45, 2.75) is 97.2 Å². The number of terminal acetylenes is 1. The van der Waals surface area contributed by atoms with Gasteiger partial charge in [0.2, 0.25) is 0 Å². The summed E-state index contributed by atoms with van der Waals surface area (Å²) in [6, 6.07) is 4.93. The molecule has 0 aliphatic carbocycles. The largest absolute Gasteiger partial charge is 0.479 e. The number of hydrogen-bond donors (Lipinski definition) is 0. The van der Waals surface area contributed by atoms with Gasteiger partial charge in [-0.1, -0.05) is 31.9 Å². The molecule has 0 radical (unpaired) electrons. The lowest BCUT2D eigenvalue weighted by molar-refractivity contribution is 0.0183. The fraction of sp³-hybridized carbons (Fsp3) is 0.514. The summed E-state index contributed by atoms with van der Waals surface area (Å²) in [5.74, 6) is 2.73. The molecule has 256 valence electrons. The quantitative estimate of drug-likeness (QED) is 0.143. The Balaban J connectivity index is 1.46. The third-order valence-electron chi connectivity index (χ3n) is 9.15. The minimum absolute atomic E-state index is 0.0290. The number of hydrogen-bond acceptors (Lipinski definition) is 8. The van der Waals surface area contributed by atoms with Gasteiger partial charge in [0.1, 0.15) is 28.4 Å². The Hall–Kier alpha value is -4.28. The first-order chi connectivity index (χ1) is 22.5. The molecule has 0 bridgehead atoms. The van der Waals surface area contributed by atoms with E-state index in [1.165, 1.54) is 12.3 Å². The van der Waals surface area contributed by atoms with Gasteiger partial charge >= 0.3 is 6.09 Å². The van der Waals surface area contributed by atoms with Gasteiger partial charge in [-0.2, -0.15) is 5.10 Å². The molecule has 48 heavy (non-hydrogen) atoms. The third kappa shape index (κ3) is 7.55. The van der Waals surface area contributed by atoms with Crippen LogP contribution in [0.4, 0.5) is 9.18 Å². The maximum absolute atomic E-state index is 13.9. The second-order valence-electron chi connectivity index (χ2n) is 14.8. The van der Waals surface area contributed by atoms with Gasteiger partial charge in [0.05, 0.1) is 42.0 Å². The van der Waals surface area contributed by atoms with E-state index in [0.29, 0.717) is 41.3 Å². The first kappa shape index (κ1) is 35.0. The summed E-state index contributed by atoms with van der Waals surface area (Å²) in [5, 5.41) is 13.6. The highest BCUT2D eigenvalue weighted by atomic mass is 28.4. The van der Waals surface area contributed by atoms with Crippen LogP contribution in [0, 0.1) is 25.1 Å². The van der Waals surface area contributed by atoms with Crippen molar-refractivity contribution in [1.29, 1.82) is 0 Å². The first-order valence-corrected chi connectivity index (χ1v) is 19.2. The molecule has 1 aliphatic rings. The summed E-state index contributed by atoms with van der Waals surface area (Å²) in [5.41, 5.74) is 3.43. The van der Waals surface area contributed by atoms with Crippen LogP contribution < -0.4 is 4.74 Å². The third-order valence-corrected chi connectivity index (χ3v) is 13.6. The van der Waals surface area contributed by atoms with Crippen LogP contribution in [0.25, 0.3) is 16.8 Å². The standard InChI is InChI=1S/C35H46FN7O4Si/c1-11-24-19-38-42-21-25(31-23(2)43(40-39-31)27-14-16-41(17-15-27)33(44)47-34(3,4)5)18-29(32(24)42)46-30(28-13-12-26(36)20-37-28)22-45-48(9,10)35(6,7)8/h1,12-13,18-21,27,30H,14-17,22H2,2-10H3. The number of likely N-dealkylation sites (tertiary alicyclic amines) is 1. The number of pyridine rings is 2. The number of carbonyl (C=O) groups is 1. The van der Waals surface area contributed by atoms with E-state index in [9.17, 15) is 9.18 Å². The van der Waals surface area contributed by atoms with Crippen LogP contribution in [0.5, 0.6) is 5.75 Å². The van der Waals surface area contributed by atoms with Gasteiger partial charge < -0.3 is 18.8 Å². The summed E-state index contributed by atoms with van der Waals surface area (Å²) in [7, 11) is -2.17. The molecule has 5 rings (SSSR count). The van der Waals surface area contributed by atoms with Crippen molar-refractivity contribution in [3.63, 3.8) is 0 Å². The van der Waals surface area contributed by atoms with Crippen LogP contribution in [-0.4, -0.2) is 74.2 Å². The average molecular weight is 676 g/mol. The molecular weight excluding hydrogens is 630 g/mol. The minimum Gasteiger partial charge on any atom is -0.479 e. The van der Waals surface area contributed by atoms with Crippen LogP contribution in [0.2, 0.25) is 18.1 Å². The van der Waals surface area contributed by atoms with Gasteiger partial charge in [0, 0.05) is 24.8 Å². The zero-order valence-electron chi connectivity index (χ0n) is 29.4. The molecule has 0 spiro atoms. The molecule has 0 N–H and O–H groups in total. The lowest BCUT2D eigenvalue weighted by Crippen LogP contribution is -2.42. The van der Waals surface area contributed by atoms with Crippen molar-refractivity contribution in [2.75, 3.05) is 19.7 Å². The highest BCUT2D eigenvalue weighted by Crippen LogP contribution is 2.39. The Bertz CT molecular complexity index is 1810. The molecule has 1 fully saturated rings. The molecule has 1 saturated heterocycles. The van der Waals surface area contributed by atoms with E-state index in [2.05, 4.69) is 60.2 Å². The van der Waals surface area contributed by atoms with Gasteiger partial charge in [-0.3, -0.25) is 4.98 Å². The second-order valence-corrected chi connectivity index (χ2v) is 19.6. The van der Waals surface area contributed by atoms with Crippen molar-refractivity contribution >= 4 is 19.9 Å². The maximum Gasteiger partial charge on any atom is 0.410 e. The SMILES string of the molecule is C#Cc1cnn2cc(-c3nnn(C4CCN(C(=O)OC(C)(C)C)CC4)c3C)cc(OC(CO[Si](C)(C)C(C)(C)C)c3ccc(F)cn3)c12. The van der Waals surface area contributed by atoms with Crippen molar-refractivity contribution in [1.82, 2.24) is 34.5 Å². The van der Waals surface area contributed by atoms with E-state index in [0.717, 1.165) is 24.1 Å². The number of halogens is 1. The fourth-order valence-corrected chi connectivity index (χ4v) is 6.40. The summed E-state index contributed by atoms with van der Waals surface area (Å²) in [6.07, 6.45) is 11.0. The van der Waals surface area contributed by atoms with E-state index in [1.54, 1.807) is 21.7 Å². The lowest BCUT2D eigenvalue weighted by Gasteiger charge is -2.37. The normalized spacial score (nSPS) is 15.4. The van der Waals surface area contributed by atoms with Gasteiger partial charge in [0.15, 0.2) is 14.4 Å². The van der Waals surface area contributed by atoms with Crippen molar-refractivity contribution in [3.05, 3.63) is 59.6 Å². The molecule has 4 aromatic heterocycles. The number of carbonyl (C=O) groups excluding carboxylic acids is 1. The highest BCUT2D eigenvalue weighted by Gasteiger charge is 2.38. The Kier molecular flexibility index (Phi) is 9.72. The van der Waals surface area contributed by atoms with Crippen molar-refractivity contribution < 1.29 is 23.1 Å². The number of rotatable bonds is 8. The molecule has 1 unspecified atom stereocenters. The van der Waals surface area contributed by atoms with Gasteiger partial charge in [-0.05, 0) is 76.9 Å². The van der Waals surface area contributed by atoms with Crippen molar-refractivity contribution in [2.24, 2.45) is 0 Å². The molecule has 1 aliphatic heterocycles. The smallest absolute Gasteiger partial charge is 0.410 e. The van der Waals surface area contributed by atoms with Gasteiger partial charge in [0.25, 0.3) is 0 Å².